The van der Waals surface area contributed by atoms with Gasteiger partial charge in [-0.25, -0.2) is 9.07 Å². The molecule has 1 N–H and O–H groups in total. The van der Waals surface area contributed by atoms with Gasteiger partial charge in [0.15, 0.2) is 0 Å². The third kappa shape index (κ3) is 4.52. The van der Waals surface area contributed by atoms with E-state index in [4.69, 9.17) is 0 Å². The third-order valence-electron chi connectivity index (χ3n) is 3.44. The van der Waals surface area contributed by atoms with E-state index < -0.39 is 0 Å². The molecule has 1 amide bonds. The van der Waals surface area contributed by atoms with Crippen molar-refractivity contribution in [3.05, 3.63) is 68.7 Å². The average Bonchev–Trinajstić information content (AvgIpc) is 3.15. The molecule has 2 heterocycles. The number of nitrogens with one attached hydrogen (secondary N) is 1. The zero-order valence-corrected chi connectivity index (χ0v) is 15.1. The van der Waals surface area contributed by atoms with Gasteiger partial charge in [0.2, 0.25) is 5.91 Å². The molecular weight excluding hydrogens is 393 g/mol. The molecule has 0 radical (unpaired) electrons. The predicted octanol–water partition coefficient (Wildman–Crippen LogP) is 4.47. The van der Waals surface area contributed by atoms with Crippen molar-refractivity contribution >= 4 is 39.0 Å². The van der Waals surface area contributed by atoms with Crippen LogP contribution >= 0.6 is 27.3 Å². The van der Waals surface area contributed by atoms with Crippen molar-refractivity contribution in [2.24, 2.45) is 0 Å². The normalized spacial score (nSPS) is 10.8. The van der Waals surface area contributed by atoms with E-state index in [1.54, 1.807) is 34.3 Å². The number of carbonyl (C=O) groups excluding carboxylic acids is 1. The second kappa shape index (κ2) is 7.72. The van der Waals surface area contributed by atoms with E-state index in [1.807, 2.05) is 17.5 Å². The van der Waals surface area contributed by atoms with E-state index in [1.165, 1.54) is 12.1 Å². The number of carbonyl (C=O) groups is 1. The largest absolute Gasteiger partial charge is 0.311 e. The predicted molar refractivity (Wildman–Crippen MR) is 96.7 cm³/mol. The molecule has 0 atom stereocenters. The summed E-state index contributed by atoms with van der Waals surface area (Å²) >= 11 is 5.06. The molecule has 3 aromatic rings. The minimum Gasteiger partial charge on any atom is -0.311 e. The molecular formula is C17H15BrFN3OS. The van der Waals surface area contributed by atoms with Gasteiger partial charge in [-0.2, -0.15) is 5.10 Å². The SMILES string of the molecule is O=C(CCc1cccc(F)c1)Nc1ccnn1Cc1cc(Br)cs1. The summed E-state index contributed by atoms with van der Waals surface area (Å²) in [6.07, 6.45) is 2.44. The number of aryl methyl sites for hydroxylation is 1. The first-order chi connectivity index (χ1) is 11.6. The molecule has 0 aliphatic carbocycles. The van der Waals surface area contributed by atoms with Gasteiger partial charge in [-0.15, -0.1) is 11.3 Å². The number of thiophene rings is 1. The maximum Gasteiger partial charge on any atom is 0.225 e. The van der Waals surface area contributed by atoms with Gasteiger partial charge in [-0.1, -0.05) is 12.1 Å². The molecule has 2 aromatic heterocycles. The Morgan fingerprint density at radius 2 is 2.21 bits per heavy atom. The van der Waals surface area contributed by atoms with E-state index in [0.717, 1.165) is 14.9 Å². The van der Waals surface area contributed by atoms with Crippen LogP contribution in [0.3, 0.4) is 0 Å². The lowest BCUT2D eigenvalue weighted by Gasteiger charge is -2.08. The number of rotatable bonds is 6. The van der Waals surface area contributed by atoms with Crippen LogP contribution in [0, 0.1) is 5.82 Å². The molecule has 3 rings (SSSR count). The van der Waals surface area contributed by atoms with Gasteiger partial charge in [-0.3, -0.25) is 4.79 Å². The molecule has 7 heteroatoms. The number of hydrogen-bond acceptors (Lipinski definition) is 3. The van der Waals surface area contributed by atoms with Crippen LogP contribution in [0.15, 0.2) is 52.4 Å². The lowest BCUT2D eigenvalue weighted by Crippen LogP contribution is -2.16. The summed E-state index contributed by atoms with van der Waals surface area (Å²) in [5.41, 5.74) is 0.807. The fraction of sp³-hybridized carbons (Fsp3) is 0.176. The molecule has 0 aliphatic rings. The van der Waals surface area contributed by atoms with Crippen LogP contribution in [0.4, 0.5) is 10.2 Å². The summed E-state index contributed by atoms with van der Waals surface area (Å²) in [6.45, 7) is 0.600. The Kier molecular flexibility index (Phi) is 5.42. The van der Waals surface area contributed by atoms with E-state index in [9.17, 15) is 9.18 Å². The highest BCUT2D eigenvalue weighted by atomic mass is 79.9. The second-order valence-corrected chi connectivity index (χ2v) is 7.19. The molecule has 0 bridgehead atoms. The second-order valence-electron chi connectivity index (χ2n) is 5.28. The number of benzene rings is 1. The summed E-state index contributed by atoms with van der Waals surface area (Å²) in [6, 6.07) is 10.1. The molecule has 0 fully saturated rings. The van der Waals surface area contributed by atoms with Gasteiger partial charge in [0.05, 0.1) is 12.7 Å². The first kappa shape index (κ1) is 16.9. The number of halogens is 2. The fourth-order valence-electron chi connectivity index (χ4n) is 2.30. The molecule has 0 aliphatic heterocycles. The van der Waals surface area contributed by atoms with Crippen LogP contribution in [0.5, 0.6) is 0 Å². The molecule has 1 aromatic carbocycles. The van der Waals surface area contributed by atoms with Gasteiger partial charge in [-0.05, 0) is 46.1 Å². The Hall–Kier alpha value is -1.99. The maximum absolute atomic E-state index is 13.1. The summed E-state index contributed by atoms with van der Waals surface area (Å²) in [4.78, 5) is 13.3. The molecule has 0 saturated heterocycles. The van der Waals surface area contributed by atoms with Crippen molar-refractivity contribution in [2.75, 3.05) is 5.32 Å². The fourth-order valence-corrected chi connectivity index (χ4v) is 3.74. The molecule has 124 valence electrons. The molecule has 0 spiro atoms. The number of amides is 1. The number of aromatic nitrogens is 2. The monoisotopic (exact) mass is 407 g/mol. The lowest BCUT2D eigenvalue weighted by atomic mass is 10.1. The van der Waals surface area contributed by atoms with E-state index >= 15 is 0 Å². The van der Waals surface area contributed by atoms with Gasteiger partial charge >= 0.3 is 0 Å². The van der Waals surface area contributed by atoms with Crippen molar-refractivity contribution < 1.29 is 9.18 Å². The van der Waals surface area contributed by atoms with Crippen LogP contribution in [0.2, 0.25) is 0 Å². The topological polar surface area (TPSA) is 46.9 Å². The first-order valence-electron chi connectivity index (χ1n) is 7.39. The highest BCUT2D eigenvalue weighted by Gasteiger charge is 2.09. The van der Waals surface area contributed by atoms with E-state index in [0.29, 0.717) is 25.2 Å². The maximum atomic E-state index is 13.1. The van der Waals surface area contributed by atoms with E-state index in [-0.39, 0.29) is 11.7 Å². The zero-order valence-electron chi connectivity index (χ0n) is 12.7. The van der Waals surface area contributed by atoms with Crippen molar-refractivity contribution in [3.8, 4) is 0 Å². The van der Waals surface area contributed by atoms with Crippen molar-refractivity contribution in [2.45, 2.75) is 19.4 Å². The van der Waals surface area contributed by atoms with Crippen LogP contribution in [-0.2, 0) is 17.8 Å². The Bertz CT molecular complexity index is 846. The van der Waals surface area contributed by atoms with Gasteiger partial charge < -0.3 is 5.32 Å². The molecule has 0 unspecified atom stereocenters. The molecule has 0 saturated carbocycles. The smallest absolute Gasteiger partial charge is 0.225 e. The highest BCUT2D eigenvalue weighted by Crippen LogP contribution is 2.21. The van der Waals surface area contributed by atoms with E-state index in [2.05, 4.69) is 26.3 Å². The Labute approximate surface area is 151 Å². The Morgan fingerprint density at radius 1 is 1.33 bits per heavy atom. The Morgan fingerprint density at radius 3 is 2.96 bits per heavy atom. The minimum absolute atomic E-state index is 0.117. The standard InChI is InChI=1S/C17H15BrFN3OS/c18-13-9-15(24-11-13)10-22-16(6-7-20-22)21-17(23)5-4-12-2-1-3-14(19)8-12/h1-3,6-9,11H,4-5,10H2,(H,21,23). The Balaban J connectivity index is 1.58. The molecule has 24 heavy (non-hydrogen) atoms. The summed E-state index contributed by atoms with van der Waals surface area (Å²) in [5, 5.41) is 9.12. The van der Waals surface area contributed by atoms with Crippen molar-refractivity contribution in [1.29, 1.82) is 0 Å². The first-order valence-corrected chi connectivity index (χ1v) is 9.06. The average molecular weight is 408 g/mol. The summed E-state index contributed by atoms with van der Waals surface area (Å²) < 4.78 is 15.9. The number of nitrogens with zero attached hydrogens (tertiary/aromatic N) is 2. The van der Waals surface area contributed by atoms with Crippen LogP contribution in [-0.4, -0.2) is 15.7 Å². The van der Waals surface area contributed by atoms with Crippen LogP contribution < -0.4 is 5.32 Å². The highest BCUT2D eigenvalue weighted by molar-refractivity contribution is 9.10. The molecule has 4 nitrogen and oxygen atoms in total. The van der Waals surface area contributed by atoms with Gasteiger partial charge in [0, 0.05) is 27.2 Å². The van der Waals surface area contributed by atoms with Crippen LogP contribution in [0.1, 0.15) is 16.9 Å². The number of anilines is 1. The zero-order chi connectivity index (χ0) is 16.9. The van der Waals surface area contributed by atoms with Gasteiger partial charge in [0.25, 0.3) is 0 Å². The minimum atomic E-state index is -0.284. The summed E-state index contributed by atoms with van der Waals surface area (Å²) in [7, 11) is 0. The quantitative estimate of drug-likeness (QED) is 0.655. The van der Waals surface area contributed by atoms with Crippen LogP contribution in [0.25, 0.3) is 0 Å². The van der Waals surface area contributed by atoms with Crippen molar-refractivity contribution in [1.82, 2.24) is 9.78 Å². The lowest BCUT2D eigenvalue weighted by molar-refractivity contribution is -0.116. The van der Waals surface area contributed by atoms with Crippen molar-refractivity contribution in [3.63, 3.8) is 0 Å². The number of hydrogen-bond donors (Lipinski definition) is 1. The third-order valence-corrected chi connectivity index (χ3v) is 5.12. The van der Waals surface area contributed by atoms with Gasteiger partial charge in [0.1, 0.15) is 11.6 Å². The summed E-state index contributed by atoms with van der Waals surface area (Å²) in [5.74, 6) is 0.255.